The Balaban J connectivity index is 2.31. The van der Waals surface area contributed by atoms with Crippen LogP contribution in [0.15, 0.2) is 4.42 Å². The van der Waals surface area contributed by atoms with E-state index in [1.165, 1.54) is 0 Å². The second kappa shape index (κ2) is 5.66. The summed E-state index contributed by atoms with van der Waals surface area (Å²) in [5, 5.41) is 7.62. The third-order valence-electron chi connectivity index (χ3n) is 1.44. The third-order valence-corrected chi connectivity index (χ3v) is 1.44. The van der Waals surface area contributed by atoms with Crippen molar-refractivity contribution in [3.63, 3.8) is 0 Å². The summed E-state index contributed by atoms with van der Waals surface area (Å²) in [5.41, 5.74) is 5.33. The summed E-state index contributed by atoms with van der Waals surface area (Å²) < 4.78 is 10.5. The highest BCUT2D eigenvalue weighted by atomic mass is 16.5. The maximum Gasteiger partial charge on any atom is 0.242 e. The molecule has 1 aromatic heterocycles. The molecule has 0 radical (unpaired) electrons. The van der Waals surface area contributed by atoms with Gasteiger partial charge in [-0.3, -0.25) is 0 Å². The van der Waals surface area contributed by atoms with Gasteiger partial charge in [0.25, 0.3) is 0 Å². The Hall–Kier alpha value is -0.940. The molecule has 1 aromatic rings. The number of hydrogen-bond acceptors (Lipinski definition) is 5. The molecule has 74 valence electrons. The van der Waals surface area contributed by atoms with E-state index in [4.69, 9.17) is 14.9 Å². The van der Waals surface area contributed by atoms with Crippen molar-refractivity contribution < 1.29 is 9.15 Å². The van der Waals surface area contributed by atoms with Crippen molar-refractivity contribution in [1.82, 2.24) is 10.2 Å². The van der Waals surface area contributed by atoms with Gasteiger partial charge in [0, 0.05) is 19.6 Å². The lowest BCUT2D eigenvalue weighted by Gasteiger charge is -1.95. The molecule has 0 spiro atoms. The summed E-state index contributed by atoms with van der Waals surface area (Å²) in [7, 11) is 0. The predicted molar refractivity (Wildman–Crippen MR) is 47.0 cm³/mol. The summed E-state index contributed by atoms with van der Waals surface area (Å²) in [6.45, 7) is 3.69. The molecule has 0 saturated heterocycles. The lowest BCUT2D eigenvalue weighted by molar-refractivity contribution is 0.102. The van der Waals surface area contributed by atoms with Gasteiger partial charge in [0.05, 0.1) is 0 Å². The summed E-state index contributed by atoms with van der Waals surface area (Å²) >= 11 is 0. The van der Waals surface area contributed by atoms with Crippen molar-refractivity contribution in [3.8, 4) is 0 Å². The summed E-state index contributed by atoms with van der Waals surface area (Å²) in [6.07, 6.45) is 1.62. The van der Waals surface area contributed by atoms with Crippen LogP contribution in [0, 0.1) is 0 Å². The smallest absolute Gasteiger partial charge is 0.242 e. The van der Waals surface area contributed by atoms with Crippen molar-refractivity contribution in [3.05, 3.63) is 11.8 Å². The van der Waals surface area contributed by atoms with Crippen molar-refractivity contribution in [2.75, 3.05) is 13.2 Å². The van der Waals surface area contributed by atoms with Crippen LogP contribution >= 0.6 is 0 Å². The van der Waals surface area contributed by atoms with Crippen LogP contribution in [0.5, 0.6) is 0 Å². The molecular weight excluding hydrogens is 170 g/mol. The molecule has 2 N–H and O–H groups in total. The van der Waals surface area contributed by atoms with Gasteiger partial charge in [-0.15, -0.1) is 10.2 Å². The molecule has 13 heavy (non-hydrogen) atoms. The first-order valence-electron chi connectivity index (χ1n) is 4.46. The fourth-order valence-corrected chi connectivity index (χ4v) is 0.875. The van der Waals surface area contributed by atoms with Gasteiger partial charge in [0.1, 0.15) is 6.61 Å². The molecule has 0 aromatic carbocycles. The molecule has 0 aliphatic heterocycles. The molecular formula is C8H15N3O2. The van der Waals surface area contributed by atoms with E-state index >= 15 is 0 Å². The number of hydrogen-bond donors (Lipinski definition) is 1. The summed E-state index contributed by atoms with van der Waals surface area (Å²) in [6, 6.07) is 0. The predicted octanol–water partition coefficient (Wildman–Crippen LogP) is 0.497. The number of rotatable bonds is 6. The Morgan fingerprint density at radius 1 is 1.38 bits per heavy atom. The first-order valence-corrected chi connectivity index (χ1v) is 4.46. The maximum atomic E-state index is 5.33. The van der Waals surface area contributed by atoms with Crippen LogP contribution in [0.25, 0.3) is 0 Å². The Morgan fingerprint density at radius 2 is 2.15 bits per heavy atom. The zero-order valence-corrected chi connectivity index (χ0v) is 7.82. The average Bonchev–Trinajstić information content (AvgIpc) is 2.54. The van der Waals surface area contributed by atoms with Crippen LogP contribution in [-0.4, -0.2) is 23.3 Å². The van der Waals surface area contributed by atoms with Crippen LogP contribution < -0.4 is 5.73 Å². The largest absolute Gasteiger partial charge is 0.423 e. The van der Waals surface area contributed by atoms with E-state index < -0.39 is 0 Å². The Labute approximate surface area is 77.3 Å². The highest BCUT2D eigenvalue weighted by Gasteiger charge is 2.04. The summed E-state index contributed by atoms with van der Waals surface area (Å²) in [5.74, 6) is 1.11. The Bertz CT molecular complexity index is 237. The van der Waals surface area contributed by atoms with Gasteiger partial charge >= 0.3 is 0 Å². The van der Waals surface area contributed by atoms with Gasteiger partial charge in [-0.05, 0) is 6.42 Å². The number of ether oxygens (including phenoxy) is 1. The molecule has 0 saturated carbocycles. The lowest BCUT2D eigenvalue weighted by Crippen LogP contribution is -2.02. The first-order chi connectivity index (χ1) is 6.36. The zero-order valence-electron chi connectivity index (χ0n) is 7.82. The standard InChI is InChI=1S/C8H15N3O2/c1-2-5-12-6-8-11-10-7(13-8)3-4-9/h2-6,9H2,1H3. The molecule has 0 fully saturated rings. The second-order valence-corrected chi connectivity index (χ2v) is 2.68. The molecule has 0 amide bonds. The normalized spacial score (nSPS) is 10.6. The van der Waals surface area contributed by atoms with Crippen LogP contribution in [0.4, 0.5) is 0 Å². The third kappa shape index (κ3) is 3.52. The highest BCUT2D eigenvalue weighted by Crippen LogP contribution is 2.01. The van der Waals surface area contributed by atoms with Crippen LogP contribution in [0.2, 0.25) is 0 Å². The van der Waals surface area contributed by atoms with Crippen molar-refractivity contribution in [2.24, 2.45) is 5.73 Å². The minimum absolute atomic E-state index is 0.394. The van der Waals surface area contributed by atoms with Gasteiger partial charge in [-0.25, -0.2) is 0 Å². The minimum Gasteiger partial charge on any atom is -0.423 e. The molecule has 0 bridgehead atoms. The number of nitrogens with two attached hydrogens (primary N) is 1. The van der Waals surface area contributed by atoms with Crippen molar-refractivity contribution in [1.29, 1.82) is 0 Å². The fraction of sp³-hybridized carbons (Fsp3) is 0.750. The summed E-state index contributed by atoms with van der Waals surface area (Å²) in [4.78, 5) is 0. The molecule has 0 unspecified atom stereocenters. The van der Waals surface area contributed by atoms with E-state index in [-0.39, 0.29) is 0 Å². The maximum absolute atomic E-state index is 5.33. The molecule has 5 heteroatoms. The van der Waals surface area contributed by atoms with E-state index in [0.29, 0.717) is 38.0 Å². The Kier molecular flexibility index (Phi) is 4.42. The lowest BCUT2D eigenvalue weighted by atomic mass is 10.4. The van der Waals surface area contributed by atoms with Crippen LogP contribution in [0.1, 0.15) is 25.1 Å². The highest BCUT2D eigenvalue weighted by molar-refractivity contribution is 4.80. The number of nitrogens with zero attached hydrogens (tertiary/aromatic N) is 2. The minimum atomic E-state index is 0.394. The molecule has 0 aliphatic carbocycles. The van der Waals surface area contributed by atoms with E-state index in [9.17, 15) is 0 Å². The monoisotopic (exact) mass is 185 g/mol. The zero-order chi connectivity index (χ0) is 9.52. The van der Waals surface area contributed by atoms with Crippen molar-refractivity contribution >= 4 is 0 Å². The molecule has 1 rings (SSSR count). The SMILES string of the molecule is CCCOCc1nnc(CCN)o1. The average molecular weight is 185 g/mol. The van der Waals surface area contributed by atoms with E-state index in [1.54, 1.807) is 0 Å². The fourth-order valence-electron chi connectivity index (χ4n) is 0.875. The molecule has 0 aliphatic rings. The second-order valence-electron chi connectivity index (χ2n) is 2.68. The quantitative estimate of drug-likeness (QED) is 0.653. The van der Waals surface area contributed by atoms with Crippen LogP contribution in [-0.2, 0) is 17.8 Å². The molecule has 0 atom stereocenters. The van der Waals surface area contributed by atoms with E-state index in [1.807, 2.05) is 6.92 Å². The van der Waals surface area contributed by atoms with Gasteiger partial charge in [-0.1, -0.05) is 6.92 Å². The van der Waals surface area contributed by atoms with Gasteiger partial charge in [0.2, 0.25) is 11.8 Å². The molecule has 1 heterocycles. The van der Waals surface area contributed by atoms with Gasteiger partial charge in [0.15, 0.2) is 0 Å². The van der Waals surface area contributed by atoms with Gasteiger partial charge in [-0.2, -0.15) is 0 Å². The van der Waals surface area contributed by atoms with E-state index in [2.05, 4.69) is 10.2 Å². The van der Waals surface area contributed by atoms with Crippen LogP contribution in [0.3, 0.4) is 0 Å². The Morgan fingerprint density at radius 3 is 2.85 bits per heavy atom. The van der Waals surface area contributed by atoms with Crippen molar-refractivity contribution in [2.45, 2.75) is 26.4 Å². The molecule has 5 nitrogen and oxygen atoms in total. The topological polar surface area (TPSA) is 74.2 Å². The van der Waals surface area contributed by atoms with Gasteiger partial charge < -0.3 is 14.9 Å². The first kappa shape index (κ1) is 10.1. The number of aromatic nitrogens is 2. The van der Waals surface area contributed by atoms with E-state index in [0.717, 1.165) is 6.42 Å².